The number of hydrogen-bond acceptors (Lipinski definition) is 3. The van der Waals surface area contributed by atoms with E-state index >= 15 is 0 Å². The molecule has 0 aromatic heterocycles. The van der Waals surface area contributed by atoms with E-state index < -0.39 is 0 Å². The first-order valence-electron chi connectivity index (χ1n) is 8.46. The Morgan fingerprint density at radius 1 is 0.880 bits per heavy atom. The van der Waals surface area contributed by atoms with Crippen LogP contribution >= 0.6 is 11.8 Å². The van der Waals surface area contributed by atoms with Crippen molar-refractivity contribution in [2.45, 2.75) is 38.0 Å². The molecule has 0 heterocycles. The van der Waals surface area contributed by atoms with Gasteiger partial charge in [-0.05, 0) is 49.7 Å². The number of carbonyl (C=O) groups excluding carboxylic acids is 2. The van der Waals surface area contributed by atoms with Gasteiger partial charge < -0.3 is 10.6 Å². The van der Waals surface area contributed by atoms with Gasteiger partial charge in [-0.2, -0.15) is 0 Å². The number of unbranched alkanes of at least 4 members (excludes halogenated alkanes) is 1. The highest BCUT2D eigenvalue weighted by Gasteiger charge is 2.05. The average molecular weight is 356 g/mol. The second-order valence-corrected chi connectivity index (χ2v) is 6.93. The highest BCUT2D eigenvalue weighted by Crippen LogP contribution is 2.21. The molecule has 2 aromatic rings. The smallest absolute Gasteiger partial charge is 0.234 e. The zero-order valence-corrected chi connectivity index (χ0v) is 15.5. The Bertz CT molecular complexity index is 697. The quantitative estimate of drug-likeness (QED) is 0.665. The summed E-state index contributed by atoms with van der Waals surface area (Å²) in [6.07, 6.45) is 2.45. The van der Waals surface area contributed by atoms with E-state index in [1.807, 2.05) is 55.5 Å². The zero-order chi connectivity index (χ0) is 18.1. The molecule has 0 unspecified atom stereocenters. The van der Waals surface area contributed by atoms with Crippen LogP contribution in [0.15, 0.2) is 53.4 Å². The Hall–Kier alpha value is -2.27. The summed E-state index contributed by atoms with van der Waals surface area (Å²) < 4.78 is 0. The van der Waals surface area contributed by atoms with E-state index in [-0.39, 0.29) is 11.8 Å². The van der Waals surface area contributed by atoms with E-state index in [4.69, 9.17) is 0 Å². The maximum atomic E-state index is 12.0. The number of rotatable bonds is 8. The van der Waals surface area contributed by atoms with E-state index in [2.05, 4.69) is 17.6 Å². The van der Waals surface area contributed by atoms with Crippen LogP contribution in [0, 0.1) is 6.92 Å². The molecular weight excluding hydrogens is 332 g/mol. The van der Waals surface area contributed by atoms with Gasteiger partial charge in [-0.15, -0.1) is 11.8 Å². The molecule has 132 valence electrons. The maximum Gasteiger partial charge on any atom is 0.234 e. The van der Waals surface area contributed by atoms with Gasteiger partial charge in [0.1, 0.15) is 0 Å². The van der Waals surface area contributed by atoms with Crippen LogP contribution in [0.5, 0.6) is 0 Å². The van der Waals surface area contributed by atoms with Crippen molar-refractivity contribution in [3.05, 3.63) is 54.1 Å². The molecule has 0 bridgehead atoms. The third-order valence-corrected chi connectivity index (χ3v) is 4.61. The molecule has 2 amide bonds. The molecule has 2 N–H and O–H groups in total. The molecule has 0 radical (unpaired) electrons. The predicted octanol–water partition coefficient (Wildman–Crippen LogP) is 4.85. The highest BCUT2D eigenvalue weighted by molar-refractivity contribution is 8.00. The minimum absolute atomic E-state index is 0.0363. The Labute approximate surface area is 153 Å². The summed E-state index contributed by atoms with van der Waals surface area (Å²) in [6.45, 7) is 4.08. The van der Waals surface area contributed by atoms with E-state index in [1.54, 1.807) is 0 Å². The van der Waals surface area contributed by atoms with E-state index in [0.29, 0.717) is 12.2 Å². The molecule has 0 aliphatic carbocycles. The Morgan fingerprint density at radius 2 is 1.44 bits per heavy atom. The van der Waals surface area contributed by atoms with Crippen molar-refractivity contribution in [2.24, 2.45) is 0 Å². The van der Waals surface area contributed by atoms with Crippen molar-refractivity contribution in [3.63, 3.8) is 0 Å². The number of thioether (sulfide) groups is 1. The van der Waals surface area contributed by atoms with Gasteiger partial charge in [0.15, 0.2) is 0 Å². The lowest BCUT2D eigenvalue weighted by atomic mass is 10.2. The molecular formula is C20H24N2O2S. The molecule has 0 spiro atoms. The molecule has 5 heteroatoms. The van der Waals surface area contributed by atoms with Crippen molar-refractivity contribution in [1.29, 1.82) is 0 Å². The van der Waals surface area contributed by atoms with Gasteiger partial charge in [-0.1, -0.05) is 31.0 Å². The van der Waals surface area contributed by atoms with Crippen LogP contribution in [0.2, 0.25) is 0 Å². The average Bonchev–Trinajstić information content (AvgIpc) is 2.61. The van der Waals surface area contributed by atoms with Crippen LogP contribution < -0.4 is 10.6 Å². The first kappa shape index (κ1) is 19.1. The second kappa shape index (κ2) is 9.89. The number of anilines is 2. The maximum absolute atomic E-state index is 12.0. The van der Waals surface area contributed by atoms with Gasteiger partial charge in [-0.3, -0.25) is 9.59 Å². The van der Waals surface area contributed by atoms with Crippen LogP contribution in [0.1, 0.15) is 31.7 Å². The van der Waals surface area contributed by atoms with Crippen LogP contribution in [-0.2, 0) is 9.59 Å². The normalized spacial score (nSPS) is 10.3. The second-order valence-electron chi connectivity index (χ2n) is 5.88. The molecule has 0 aliphatic rings. The first-order valence-corrected chi connectivity index (χ1v) is 9.44. The van der Waals surface area contributed by atoms with Crippen molar-refractivity contribution >= 4 is 35.0 Å². The topological polar surface area (TPSA) is 58.2 Å². The van der Waals surface area contributed by atoms with E-state index in [0.717, 1.165) is 34.7 Å². The summed E-state index contributed by atoms with van der Waals surface area (Å²) >= 11 is 1.47. The van der Waals surface area contributed by atoms with Crippen molar-refractivity contribution < 1.29 is 9.59 Å². The minimum Gasteiger partial charge on any atom is -0.326 e. The minimum atomic E-state index is -0.0363. The number of hydrogen-bond donors (Lipinski definition) is 2. The van der Waals surface area contributed by atoms with Gasteiger partial charge in [0.2, 0.25) is 11.8 Å². The number of aryl methyl sites for hydroxylation is 1. The Balaban J connectivity index is 1.77. The monoisotopic (exact) mass is 356 g/mol. The van der Waals surface area contributed by atoms with Crippen LogP contribution in [0.4, 0.5) is 11.4 Å². The lowest BCUT2D eigenvalue weighted by molar-refractivity contribution is -0.116. The molecule has 4 nitrogen and oxygen atoms in total. The number of carbonyl (C=O) groups is 2. The fraction of sp³-hybridized carbons (Fsp3) is 0.300. The fourth-order valence-corrected chi connectivity index (χ4v) is 2.88. The summed E-state index contributed by atoms with van der Waals surface area (Å²) in [5.41, 5.74) is 2.75. The van der Waals surface area contributed by atoms with Crippen LogP contribution in [0.25, 0.3) is 0 Å². The largest absolute Gasteiger partial charge is 0.326 e. The molecule has 0 aliphatic heterocycles. The van der Waals surface area contributed by atoms with Gasteiger partial charge in [-0.25, -0.2) is 0 Å². The third kappa shape index (κ3) is 7.01. The van der Waals surface area contributed by atoms with Crippen LogP contribution in [0.3, 0.4) is 0 Å². The molecule has 0 saturated carbocycles. The number of nitrogens with one attached hydrogen (secondary N) is 2. The zero-order valence-electron chi connectivity index (χ0n) is 14.7. The van der Waals surface area contributed by atoms with Gasteiger partial charge in [0.05, 0.1) is 5.75 Å². The van der Waals surface area contributed by atoms with E-state index in [1.165, 1.54) is 11.8 Å². The lowest BCUT2D eigenvalue weighted by Crippen LogP contribution is -2.13. The fourth-order valence-electron chi connectivity index (χ4n) is 2.18. The van der Waals surface area contributed by atoms with Gasteiger partial charge >= 0.3 is 0 Å². The summed E-state index contributed by atoms with van der Waals surface area (Å²) in [4.78, 5) is 24.7. The number of benzene rings is 2. The molecule has 2 aromatic carbocycles. The molecule has 0 saturated heterocycles. The van der Waals surface area contributed by atoms with Crippen molar-refractivity contribution in [3.8, 4) is 0 Å². The molecule has 25 heavy (non-hydrogen) atoms. The summed E-state index contributed by atoms with van der Waals surface area (Å²) in [5, 5.41) is 5.76. The lowest BCUT2D eigenvalue weighted by Gasteiger charge is -2.07. The predicted molar refractivity (Wildman–Crippen MR) is 105 cm³/mol. The molecule has 2 rings (SSSR count). The molecule has 0 atom stereocenters. The van der Waals surface area contributed by atoms with Gasteiger partial charge in [0, 0.05) is 22.7 Å². The van der Waals surface area contributed by atoms with Crippen molar-refractivity contribution in [2.75, 3.05) is 16.4 Å². The summed E-state index contributed by atoms with van der Waals surface area (Å²) in [6, 6.07) is 15.3. The third-order valence-electron chi connectivity index (χ3n) is 3.60. The first-order chi connectivity index (χ1) is 12.1. The van der Waals surface area contributed by atoms with Crippen LogP contribution in [-0.4, -0.2) is 17.6 Å². The van der Waals surface area contributed by atoms with Gasteiger partial charge in [0.25, 0.3) is 0 Å². The highest BCUT2D eigenvalue weighted by atomic mass is 32.2. The Kier molecular flexibility index (Phi) is 7.54. The van der Waals surface area contributed by atoms with Crippen molar-refractivity contribution in [1.82, 2.24) is 0 Å². The molecule has 0 fully saturated rings. The SMILES string of the molecule is CCCCC(=O)Nc1ccc(SCC(=O)Nc2ccc(C)cc2)cc1. The summed E-state index contributed by atoms with van der Waals surface area (Å²) in [5.74, 6) is 0.348. The standard InChI is InChI=1S/C20H24N2O2S/c1-3-4-5-19(23)21-17-10-12-18(13-11-17)25-14-20(24)22-16-8-6-15(2)7-9-16/h6-13H,3-5,14H2,1-2H3,(H,21,23)(H,22,24). The summed E-state index contributed by atoms with van der Waals surface area (Å²) in [7, 11) is 0. The number of amides is 2. The Morgan fingerprint density at radius 3 is 2.04 bits per heavy atom. The van der Waals surface area contributed by atoms with E-state index in [9.17, 15) is 9.59 Å².